The van der Waals surface area contributed by atoms with Crippen molar-refractivity contribution in [2.24, 2.45) is 0 Å². The molecule has 31 heavy (non-hydrogen) atoms. The number of fused-ring (bicyclic) bond motifs is 1. The predicted molar refractivity (Wildman–Crippen MR) is 123 cm³/mol. The van der Waals surface area contributed by atoms with E-state index < -0.39 is 0 Å². The molecule has 6 heteroatoms. The molecule has 1 aromatic heterocycles. The van der Waals surface area contributed by atoms with Crippen LogP contribution in [0.1, 0.15) is 57.0 Å². The Morgan fingerprint density at radius 2 is 1.87 bits per heavy atom. The largest absolute Gasteiger partial charge is 0.494 e. The van der Waals surface area contributed by atoms with Crippen LogP contribution in [-0.4, -0.2) is 35.8 Å². The number of rotatable bonds is 11. The SMILES string of the molecule is CCC(C)c1ccc(OCCCn2c(C(C)NC(=O)COC)nc3ccccc32)cc1. The highest BCUT2D eigenvalue weighted by Gasteiger charge is 2.18. The van der Waals surface area contributed by atoms with Gasteiger partial charge in [-0.2, -0.15) is 0 Å². The molecule has 2 unspecified atom stereocenters. The number of carbonyl (C=O) groups is 1. The first kappa shape index (κ1) is 22.8. The summed E-state index contributed by atoms with van der Waals surface area (Å²) in [4.78, 5) is 16.7. The van der Waals surface area contributed by atoms with Gasteiger partial charge in [-0.1, -0.05) is 38.1 Å². The van der Waals surface area contributed by atoms with E-state index in [1.807, 2.05) is 37.3 Å². The number of ether oxygens (including phenoxy) is 2. The molecule has 0 radical (unpaired) electrons. The van der Waals surface area contributed by atoms with Gasteiger partial charge < -0.3 is 19.4 Å². The Labute approximate surface area is 184 Å². The lowest BCUT2D eigenvalue weighted by Crippen LogP contribution is -2.31. The van der Waals surface area contributed by atoms with Crippen molar-refractivity contribution in [3.63, 3.8) is 0 Å². The monoisotopic (exact) mass is 423 g/mol. The van der Waals surface area contributed by atoms with Gasteiger partial charge in [-0.3, -0.25) is 4.79 Å². The van der Waals surface area contributed by atoms with Crippen molar-refractivity contribution in [3.8, 4) is 5.75 Å². The molecule has 0 spiro atoms. The van der Waals surface area contributed by atoms with E-state index >= 15 is 0 Å². The van der Waals surface area contributed by atoms with Crippen LogP contribution < -0.4 is 10.1 Å². The maximum absolute atomic E-state index is 12.0. The summed E-state index contributed by atoms with van der Waals surface area (Å²) in [7, 11) is 1.51. The molecule has 0 aliphatic heterocycles. The molecule has 6 nitrogen and oxygen atoms in total. The van der Waals surface area contributed by atoms with Crippen LogP contribution >= 0.6 is 0 Å². The molecule has 1 N–H and O–H groups in total. The Balaban J connectivity index is 1.64. The molecule has 0 aliphatic carbocycles. The van der Waals surface area contributed by atoms with Gasteiger partial charge in [0.25, 0.3) is 0 Å². The average Bonchev–Trinajstić information content (AvgIpc) is 3.15. The zero-order chi connectivity index (χ0) is 22.2. The summed E-state index contributed by atoms with van der Waals surface area (Å²) in [6.07, 6.45) is 1.96. The Hall–Kier alpha value is -2.86. The van der Waals surface area contributed by atoms with E-state index in [0.29, 0.717) is 12.5 Å². The number of benzene rings is 2. The van der Waals surface area contributed by atoms with E-state index in [-0.39, 0.29) is 18.6 Å². The van der Waals surface area contributed by atoms with Crippen LogP contribution in [0, 0.1) is 0 Å². The highest BCUT2D eigenvalue weighted by Crippen LogP contribution is 2.23. The van der Waals surface area contributed by atoms with E-state index in [1.165, 1.54) is 12.7 Å². The van der Waals surface area contributed by atoms with Crippen molar-refractivity contribution in [3.05, 3.63) is 59.9 Å². The van der Waals surface area contributed by atoms with Gasteiger partial charge in [0.1, 0.15) is 18.2 Å². The molecule has 2 atom stereocenters. The molecule has 0 aliphatic rings. The molecule has 1 heterocycles. The summed E-state index contributed by atoms with van der Waals surface area (Å²) in [5.41, 5.74) is 3.32. The van der Waals surface area contributed by atoms with E-state index in [4.69, 9.17) is 14.5 Å². The van der Waals surface area contributed by atoms with E-state index in [0.717, 1.165) is 42.0 Å². The topological polar surface area (TPSA) is 65.4 Å². The third-order valence-electron chi connectivity index (χ3n) is 5.58. The quantitative estimate of drug-likeness (QED) is 0.448. The second kappa shape index (κ2) is 11.0. The number of hydrogen-bond donors (Lipinski definition) is 1. The zero-order valence-corrected chi connectivity index (χ0v) is 18.9. The predicted octanol–water partition coefficient (Wildman–Crippen LogP) is 4.84. The van der Waals surface area contributed by atoms with Gasteiger partial charge >= 0.3 is 0 Å². The molecule has 0 fully saturated rings. The van der Waals surface area contributed by atoms with Crippen molar-refractivity contribution < 1.29 is 14.3 Å². The van der Waals surface area contributed by atoms with Crippen molar-refractivity contribution in [2.75, 3.05) is 20.3 Å². The first-order chi connectivity index (χ1) is 15.0. The molecule has 0 saturated heterocycles. The van der Waals surface area contributed by atoms with Crippen molar-refractivity contribution >= 4 is 16.9 Å². The highest BCUT2D eigenvalue weighted by molar-refractivity contribution is 5.78. The van der Waals surface area contributed by atoms with Gasteiger partial charge in [-0.05, 0) is 55.5 Å². The normalized spacial score (nSPS) is 13.2. The maximum atomic E-state index is 12.0. The number of hydrogen-bond acceptors (Lipinski definition) is 4. The number of carbonyl (C=O) groups excluding carboxylic acids is 1. The fourth-order valence-electron chi connectivity index (χ4n) is 3.68. The van der Waals surface area contributed by atoms with Crippen LogP contribution in [-0.2, 0) is 16.1 Å². The summed E-state index contributed by atoms with van der Waals surface area (Å²) < 4.78 is 13.1. The summed E-state index contributed by atoms with van der Waals surface area (Å²) in [5.74, 6) is 2.14. The number of aromatic nitrogens is 2. The van der Waals surface area contributed by atoms with Gasteiger partial charge in [0.15, 0.2) is 0 Å². The average molecular weight is 424 g/mol. The first-order valence-corrected chi connectivity index (χ1v) is 11.0. The smallest absolute Gasteiger partial charge is 0.246 e. The molecule has 2 aromatic carbocycles. The Kier molecular flexibility index (Phi) is 8.06. The van der Waals surface area contributed by atoms with E-state index in [2.05, 4.69) is 41.9 Å². The molecule has 0 saturated carbocycles. The lowest BCUT2D eigenvalue weighted by Gasteiger charge is -2.16. The third-order valence-corrected chi connectivity index (χ3v) is 5.58. The van der Waals surface area contributed by atoms with Gasteiger partial charge in [0.2, 0.25) is 5.91 Å². The second-order valence-electron chi connectivity index (χ2n) is 7.91. The number of nitrogens with one attached hydrogen (secondary N) is 1. The summed E-state index contributed by atoms with van der Waals surface area (Å²) >= 11 is 0. The Morgan fingerprint density at radius 1 is 1.13 bits per heavy atom. The lowest BCUT2D eigenvalue weighted by atomic mass is 9.99. The van der Waals surface area contributed by atoms with E-state index in [9.17, 15) is 4.79 Å². The standard InChI is InChI=1S/C25H33N3O3/c1-5-18(2)20-11-13-21(14-12-20)31-16-8-15-28-23-10-7-6-9-22(23)27-25(28)19(3)26-24(29)17-30-4/h6-7,9-14,18-19H,5,8,15-17H2,1-4H3,(H,26,29). The second-order valence-corrected chi connectivity index (χ2v) is 7.91. The zero-order valence-electron chi connectivity index (χ0n) is 18.9. The Bertz CT molecular complexity index is 981. The van der Waals surface area contributed by atoms with Crippen LogP contribution in [0.3, 0.4) is 0 Å². The van der Waals surface area contributed by atoms with Crippen LogP contribution in [0.5, 0.6) is 5.75 Å². The van der Waals surface area contributed by atoms with Gasteiger partial charge in [0.05, 0.1) is 23.7 Å². The molecular weight excluding hydrogens is 390 g/mol. The van der Waals surface area contributed by atoms with Gasteiger partial charge in [0, 0.05) is 13.7 Å². The minimum Gasteiger partial charge on any atom is -0.494 e. The number of methoxy groups -OCH3 is 1. The minimum atomic E-state index is -0.218. The minimum absolute atomic E-state index is 0.0359. The van der Waals surface area contributed by atoms with Crippen LogP contribution in [0.4, 0.5) is 0 Å². The number of imidazole rings is 1. The number of aryl methyl sites for hydroxylation is 1. The Morgan fingerprint density at radius 3 is 2.58 bits per heavy atom. The fourth-order valence-corrected chi connectivity index (χ4v) is 3.68. The molecule has 3 aromatic rings. The van der Waals surface area contributed by atoms with Crippen molar-refractivity contribution in [1.29, 1.82) is 0 Å². The van der Waals surface area contributed by atoms with Gasteiger partial charge in [-0.25, -0.2) is 4.98 Å². The lowest BCUT2D eigenvalue weighted by molar-refractivity contribution is -0.125. The highest BCUT2D eigenvalue weighted by atomic mass is 16.5. The summed E-state index contributed by atoms with van der Waals surface area (Å²) in [5, 5.41) is 2.96. The van der Waals surface area contributed by atoms with Crippen molar-refractivity contribution in [1.82, 2.24) is 14.9 Å². The van der Waals surface area contributed by atoms with Crippen molar-refractivity contribution in [2.45, 2.75) is 52.1 Å². The third kappa shape index (κ3) is 5.85. The summed E-state index contributed by atoms with van der Waals surface area (Å²) in [6.45, 7) is 7.79. The molecule has 0 bridgehead atoms. The van der Waals surface area contributed by atoms with E-state index in [1.54, 1.807) is 0 Å². The molecular formula is C25H33N3O3. The fraction of sp³-hybridized carbons (Fsp3) is 0.440. The molecule has 3 rings (SSSR count). The molecule has 1 amide bonds. The number of amides is 1. The molecule has 166 valence electrons. The van der Waals surface area contributed by atoms with Gasteiger partial charge in [-0.15, -0.1) is 0 Å². The van der Waals surface area contributed by atoms with Crippen LogP contribution in [0.2, 0.25) is 0 Å². The maximum Gasteiger partial charge on any atom is 0.246 e. The van der Waals surface area contributed by atoms with Crippen LogP contribution in [0.25, 0.3) is 11.0 Å². The van der Waals surface area contributed by atoms with Crippen LogP contribution in [0.15, 0.2) is 48.5 Å². The summed E-state index contributed by atoms with van der Waals surface area (Å²) in [6, 6.07) is 16.2. The number of para-hydroxylation sites is 2. The number of nitrogens with zero attached hydrogens (tertiary/aromatic N) is 2. The first-order valence-electron chi connectivity index (χ1n) is 11.0.